The maximum atomic E-state index is 12.6. The minimum atomic E-state index is -4.38. The van der Waals surface area contributed by atoms with Gasteiger partial charge in [-0.1, -0.05) is 231 Å². The minimum absolute atomic E-state index is 0.0563. The number of carbonyl (C=O) groups is 2. The molecule has 0 radical (unpaired) electrons. The quantitative estimate of drug-likeness (QED) is 0.0265. The molecule has 1 unspecified atom stereocenters. The molecule has 0 aliphatic heterocycles. The van der Waals surface area contributed by atoms with E-state index in [1.54, 1.807) is 0 Å². The Morgan fingerprint density at radius 2 is 0.803 bits per heavy atom. The van der Waals surface area contributed by atoms with Crippen molar-refractivity contribution in [3.63, 3.8) is 0 Å². The molecular weight excluding hydrogens is 786 g/mol. The van der Waals surface area contributed by atoms with Gasteiger partial charge in [0, 0.05) is 19.4 Å². The highest BCUT2D eigenvalue weighted by Gasteiger charge is 2.26. The molecule has 0 fully saturated rings. The third kappa shape index (κ3) is 48.1. The number of rotatable bonds is 50. The molecule has 0 saturated carbocycles. The number of phosphoric acid groups is 1. The van der Waals surface area contributed by atoms with Crippen LogP contribution in [0.4, 0.5) is 0 Å². The SMILES string of the molecule is CCCCCCCC/C=C/CCCCCCCCCCCC(=O)O[C@H](COC(=O)CCCCCCCCCCCCCCCCCCCCCCC)COP(=O)(O)OCCN. The molecular formula is C51H100NO8P. The fourth-order valence-electron chi connectivity index (χ4n) is 7.75. The summed E-state index contributed by atoms with van der Waals surface area (Å²) in [5, 5.41) is 0. The van der Waals surface area contributed by atoms with E-state index < -0.39 is 26.5 Å². The molecule has 3 N–H and O–H groups in total. The average molecular weight is 886 g/mol. The Morgan fingerprint density at radius 1 is 0.475 bits per heavy atom. The summed E-state index contributed by atoms with van der Waals surface area (Å²) in [5.41, 5.74) is 5.37. The van der Waals surface area contributed by atoms with Gasteiger partial charge in [-0.3, -0.25) is 18.6 Å². The zero-order chi connectivity index (χ0) is 44.6. The lowest BCUT2D eigenvalue weighted by Gasteiger charge is -2.19. The number of hydrogen-bond acceptors (Lipinski definition) is 8. The van der Waals surface area contributed by atoms with Crippen LogP contribution in [0.2, 0.25) is 0 Å². The Balaban J connectivity index is 3.99. The highest BCUT2D eigenvalue weighted by Crippen LogP contribution is 2.43. The van der Waals surface area contributed by atoms with Crippen LogP contribution < -0.4 is 5.73 Å². The van der Waals surface area contributed by atoms with Crippen LogP contribution in [0.3, 0.4) is 0 Å². The van der Waals surface area contributed by atoms with Crippen molar-refractivity contribution in [2.75, 3.05) is 26.4 Å². The van der Waals surface area contributed by atoms with Gasteiger partial charge in [0.15, 0.2) is 6.10 Å². The third-order valence-corrected chi connectivity index (χ3v) is 12.6. The highest BCUT2D eigenvalue weighted by molar-refractivity contribution is 7.47. The summed E-state index contributed by atoms with van der Waals surface area (Å²) < 4.78 is 33.0. The molecule has 0 aliphatic carbocycles. The number of carbonyl (C=O) groups excluding carboxylic acids is 2. The largest absolute Gasteiger partial charge is 0.472 e. The standard InChI is InChI=1S/C51H100NO8P/c1-3-5-7-9-11-13-15-17-19-21-23-24-26-27-29-31-33-35-37-39-41-43-50(53)57-47-49(48-59-61(55,56)58-46-45-52)60-51(54)44-42-40-38-36-34-32-30-28-25-22-20-18-16-14-12-10-8-6-4-2/h18,20,49H,3-17,19,21-48,52H2,1-2H3,(H,55,56)/b20-18+/t49-/m1/s1. The molecule has 61 heavy (non-hydrogen) atoms. The lowest BCUT2D eigenvalue weighted by atomic mass is 10.0. The van der Waals surface area contributed by atoms with Gasteiger partial charge in [0.05, 0.1) is 13.2 Å². The summed E-state index contributed by atoms with van der Waals surface area (Å²) in [6, 6.07) is 0. The average Bonchev–Trinajstić information content (AvgIpc) is 3.25. The Bertz CT molecular complexity index is 1010. The third-order valence-electron chi connectivity index (χ3n) is 11.7. The molecule has 0 bridgehead atoms. The maximum Gasteiger partial charge on any atom is 0.472 e. The van der Waals surface area contributed by atoms with Crippen LogP contribution in [-0.2, 0) is 32.7 Å². The molecule has 0 saturated heterocycles. The summed E-state index contributed by atoms with van der Waals surface area (Å²) in [5.74, 6) is -0.813. The van der Waals surface area contributed by atoms with Gasteiger partial charge in [-0.05, 0) is 38.5 Å². The first-order valence-electron chi connectivity index (χ1n) is 26.2. The molecule has 0 aromatic rings. The van der Waals surface area contributed by atoms with E-state index in [0.717, 1.165) is 38.5 Å². The molecule has 362 valence electrons. The van der Waals surface area contributed by atoms with Crippen LogP contribution in [0.15, 0.2) is 12.2 Å². The Hall–Kier alpha value is -1.25. The predicted molar refractivity (Wildman–Crippen MR) is 257 cm³/mol. The van der Waals surface area contributed by atoms with Crippen molar-refractivity contribution in [1.29, 1.82) is 0 Å². The van der Waals surface area contributed by atoms with Crippen LogP contribution in [-0.4, -0.2) is 49.3 Å². The van der Waals surface area contributed by atoms with E-state index in [-0.39, 0.29) is 38.6 Å². The fraction of sp³-hybridized carbons (Fsp3) is 0.922. The van der Waals surface area contributed by atoms with E-state index in [0.29, 0.717) is 6.42 Å². The molecule has 0 rings (SSSR count). The summed E-state index contributed by atoms with van der Waals surface area (Å²) >= 11 is 0. The minimum Gasteiger partial charge on any atom is -0.462 e. The topological polar surface area (TPSA) is 134 Å². The van der Waals surface area contributed by atoms with E-state index in [1.807, 2.05) is 0 Å². The van der Waals surface area contributed by atoms with Crippen LogP contribution in [0.25, 0.3) is 0 Å². The van der Waals surface area contributed by atoms with Gasteiger partial charge in [-0.15, -0.1) is 0 Å². The van der Waals surface area contributed by atoms with Crippen molar-refractivity contribution in [3.05, 3.63) is 12.2 Å². The van der Waals surface area contributed by atoms with Crippen molar-refractivity contribution < 1.29 is 37.6 Å². The molecule has 0 aromatic heterocycles. The zero-order valence-corrected chi connectivity index (χ0v) is 41.1. The van der Waals surface area contributed by atoms with Gasteiger partial charge in [0.1, 0.15) is 6.61 Å². The van der Waals surface area contributed by atoms with Gasteiger partial charge >= 0.3 is 19.8 Å². The summed E-state index contributed by atoms with van der Waals surface area (Å²) in [6.07, 6.45) is 52.5. The van der Waals surface area contributed by atoms with Crippen molar-refractivity contribution >= 4 is 19.8 Å². The fourth-order valence-corrected chi connectivity index (χ4v) is 8.52. The number of allylic oxidation sites excluding steroid dienone is 2. The Kier molecular flexibility index (Phi) is 47.2. The van der Waals surface area contributed by atoms with Gasteiger partial charge < -0.3 is 20.1 Å². The number of hydrogen-bond donors (Lipinski definition) is 2. The lowest BCUT2D eigenvalue weighted by molar-refractivity contribution is -0.161. The van der Waals surface area contributed by atoms with Crippen molar-refractivity contribution in [1.82, 2.24) is 0 Å². The molecule has 0 amide bonds. The van der Waals surface area contributed by atoms with Crippen LogP contribution in [0, 0.1) is 0 Å². The molecule has 9 nitrogen and oxygen atoms in total. The number of unbranched alkanes of at least 4 members (excludes halogenated alkanes) is 35. The van der Waals surface area contributed by atoms with E-state index in [2.05, 4.69) is 26.0 Å². The molecule has 0 spiro atoms. The predicted octanol–water partition coefficient (Wildman–Crippen LogP) is 15.7. The second-order valence-corrected chi connectivity index (χ2v) is 19.2. The van der Waals surface area contributed by atoms with E-state index in [1.165, 1.54) is 199 Å². The molecule has 2 atom stereocenters. The Morgan fingerprint density at radius 3 is 1.16 bits per heavy atom. The van der Waals surface area contributed by atoms with E-state index in [4.69, 9.17) is 24.3 Å². The first-order valence-corrected chi connectivity index (χ1v) is 27.7. The Labute approximate surface area is 377 Å². The van der Waals surface area contributed by atoms with Gasteiger partial charge in [-0.25, -0.2) is 4.57 Å². The van der Waals surface area contributed by atoms with E-state index in [9.17, 15) is 19.0 Å². The zero-order valence-electron chi connectivity index (χ0n) is 40.2. The monoisotopic (exact) mass is 886 g/mol. The summed E-state index contributed by atoms with van der Waals surface area (Å²) in [4.78, 5) is 35.1. The number of esters is 2. The van der Waals surface area contributed by atoms with Crippen LogP contribution in [0.1, 0.15) is 271 Å². The number of ether oxygens (including phenoxy) is 2. The van der Waals surface area contributed by atoms with Crippen molar-refractivity contribution in [3.8, 4) is 0 Å². The normalized spacial score (nSPS) is 13.2. The van der Waals surface area contributed by atoms with Crippen molar-refractivity contribution in [2.45, 2.75) is 277 Å². The molecule has 0 aromatic carbocycles. The molecule has 0 aliphatic rings. The lowest BCUT2D eigenvalue weighted by Crippen LogP contribution is -2.29. The highest BCUT2D eigenvalue weighted by atomic mass is 31.2. The molecule has 0 heterocycles. The van der Waals surface area contributed by atoms with Crippen LogP contribution >= 0.6 is 7.82 Å². The second kappa shape index (κ2) is 48.2. The summed E-state index contributed by atoms with van der Waals surface area (Å²) in [7, 11) is -4.38. The van der Waals surface area contributed by atoms with Crippen molar-refractivity contribution in [2.24, 2.45) is 5.73 Å². The first-order chi connectivity index (χ1) is 29.8. The van der Waals surface area contributed by atoms with Crippen LogP contribution in [0.5, 0.6) is 0 Å². The van der Waals surface area contributed by atoms with Gasteiger partial charge in [0.2, 0.25) is 0 Å². The maximum absolute atomic E-state index is 12.6. The van der Waals surface area contributed by atoms with E-state index >= 15 is 0 Å². The number of phosphoric ester groups is 1. The van der Waals surface area contributed by atoms with Gasteiger partial charge in [0.25, 0.3) is 0 Å². The molecule has 10 heteroatoms. The summed E-state index contributed by atoms with van der Waals surface area (Å²) in [6.45, 7) is 3.79. The van der Waals surface area contributed by atoms with Gasteiger partial charge in [-0.2, -0.15) is 0 Å². The first kappa shape index (κ1) is 59.8. The number of nitrogens with two attached hydrogens (primary N) is 1. The second-order valence-electron chi connectivity index (χ2n) is 17.8. The smallest absolute Gasteiger partial charge is 0.462 e.